The fourth-order valence-corrected chi connectivity index (χ4v) is 7.63. The van der Waals surface area contributed by atoms with E-state index in [1.807, 2.05) is 4.90 Å². The summed E-state index contributed by atoms with van der Waals surface area (Å²) in [6.07, 6.45) is 0.626. The summed E-state index contributed by atoms with van der Waals surface area (Å²) in [5, 5.41) is 48.2. The van der Waals surface area contributed by atoms with Crippen LogP contribution >= 0.6 is 11.8 Å². The number of hydrogen-bond donors (Lipinski definition) is 7. The van der Waals surface area contributed by atoms with Crippen LogP contribution in [0.5, 0.6) is 23.0 Å². The van der Waals surface area contributed by atoms with Crippen molar-refractivity contribution in [1.29, 1.82) is 0 Å². The van der Waals surface area contributed by atoms with Crippen LogP contribution in [0.25, 0.3) is 0 Å². The van der Waals surface area contributed by atoms with Gasteiger partial charge in [0.15, 0.2) is 23.0 Å². The van der Waals surface area contributed by atoms with E-state index < -0.39 is 59.2 Å². The number of fused-ring (bicyclic) bond motifs is 1. The van der Waals surface area contributed by atoms with E-state index >= 15 is 0 Å². The van der Waals surface area contributed by atoms with Crippen molar-refractivity contribution in [1.82, 2.24) is 25.8 Å². The van der Waals surface area contributed by atoms with Crippen LogP contribution in [0, 0.1) is 5.92 Å². The Hall–Kier alpha value is -5.44. The summed E-state index contributed by atoms with van der Waals surface area (Å²) in [7, 11) is 0. The molecule has 0 radical (unpaired) electrons. The van der Waals surface area contributed by atoms with Gasteiger partial charge in [0.25, 0.3) is 11.8 Å². The van der Waals surface area contributed by atoms with Gasteiger partial charge < -0.3 is 46.2 Å². The van der Waals surface area contributed by atoms with E-state index in [4.69, 9.17) is 0 Å². The molecule has 14 nitrogen and oxygen atoms in total. The number of nitrogens with zero attached hydrogens (tertiary/aromatic N) is 2. The topological polar surface area (TPSA) is 209 Å². The van der Waals surface area contributed by atoms with E-state index in [0.29, 0.717) is 18.5 Å². The molecule has 2 saturated heterocycles. The molecule has 2 aliphatic heterocycles. The first-order valence-corrected chi connectivity index (χ1v) is 17.3. The molecule has 0 aromatic heterocycles. The predicted molar refractivity (Wildman–Crippen MR) is 188 cm³/mol. The number of phenolic OH excluding ortho intramolecular Hbond substituents is 4. The molecule has 2 fully saturated rings. The average Bonchev–Trinajstić information content (AvgIpc) is 3.39. The lowest BCUT2D eigenvalue weighted by Crippen LogP contribution is -2.60. The van der Waals surface area contributed by atoms with Crippen molar-refractivity contribution >= 4 is 41.3 Å². The van der Waals surface area contributed by atoms with Gasteiger partial charge in [0, 0.05) is 30.9 Å². The number of β-lactam (4-membered cyclic amide) rings is 1. The van der Waals surface area contributed by atoms with Crippen LogP contribution in [0.1, 0.15) is 59.0 Å². The monoisotopic (exact) mass is 719 g/mol. The molecule has 7 N–H and O–H groups in total. The zero-order chi connectivity index (χ0) is 36.9. The highest BCUT2D eigenvalue weighted by Gasteiger charge is 2.55. The van der Waals surface area contributed by atoms with Gasteiger partial charge in [-0.2, -0.15) is 0 Å². The third kappa shape index (κ3) is 8.48. The molecule has 0 saturated carbocycles. The van der Waals surface area contributed by atoms with Crippen LogP contribution < -0.4 is 16.0 Å². The van der Waals surface area contributed by atoms with Gasteiger partial charge in [0.1, 0.15) is 6.04 Å². The Labute approximate surface area is 298 Å². The second-order valence-electron chi connectivity index (χ2n) is 13.0. The molecule has 3 atom stereocenters. The van der Waals surface area contributed by atoms with Crippen LogP contribution in [-0.4, -0.2) is 103 Å². The number of nitrogens with one attached hydrogen (secondary N) is 3. The van der Waals surface area contributed by atoms with Crippen molar-refractivity contribution in [3.05, 3.63) is 83.4 Å². The average molecular weight is 720 g/mol. The summed E-state index contributed by atoms with van der Waals surface area (Å²) in [6.45, 7) is 4.49. The van der Waals surface area contributed by atoms with E-state index in [-0.39, 0.29) is 59.1 Å². The number of aromatic hydroxyl groups is 4. The van der Waals surface area contributed by atoms with Gasteiger partial charge >= 0.3 is 0 Å². The Morgan fingerprint density at radius 2 is 1.53 bits per heavy atom. The van der Waals surface area contributed by atoms with E-state index in [9.17, 15) is 44.4 Å². The molecule has 5 amide bonds. The summed E-state index contributed by atoms with van der Waals surface area (Å²) in [6, 6.07) is 15.3. The highest BCUT2D eigenvalue weighted by atomic mass is 32.2. The molecule has 5 rings (SSSR count). The van der Waals surface area contributed by atoms with Gasteiger partial charge in [-0.25, -0.2) is 0 Å². The maximum absolute atomic E-state index is 13.6. The van der Waals surface area contributed by atoms with Crippen LogP contribution in [0.4, 0.5) is 0 Å². The molecule has 0 bridgehead atoms. The molecule has 2 aliphatic rings. The van der Waals surface area contributed by atoms with Crippen molar-refractivity contribution in [2.24, 2.45) is 5.92 Å². The van der Waals surface area contributed by atoms with Gasteiger partial charge in [0.05, 0.1) is 29.0 Å². The van der Waals surface area contributed by atoms with Crippen molar-refractivity contribution < 1.29 is 44.4 Å². The number of para-hydroxylation sites is 2. The minimum Gasteiger partial charge on any atom is -0.504 e. The zero-order valence-electron chi connectivity index (χ0n) is 28.2. The Morgan fingerprint density at radius 1 is 0.882 bits per heavy atom. The van der Waals surface area contributed by atoms with Crippen LogP contribution in [-0.2, 0) is 14.4 Å². The first kappa shape index (κ1) is 36.8. The first-order valence-electron chi connectivity index (χ1n) is 16.5. The van der Waals surface area contributed by atoms with Crippen molar-refractivity contribution in [2.75, 3.05) is 32.7 Å². The van der Waals surface area contributed by atoms with Crippen LogP contribution in [0.3, 0.4) is 0 Å². The molecule has 0 spiro atoms. The van der Waals surface area contributed by atoms with E-state index in [1.54, 1.807) is 42.1 Å². The highest BCUT2D eigenvalue weighted by Crippen LogP contribution is 2.48. The number of benzene rings is 3. The van der Waals surface area contributed by atoms with Gasteiger partial charge in [-0.15, -0.1) is 11.8 Å². The predicted octanol–water partition coefficient (Wildman–Crippen LogP) is 2.45. The Morgan fingerprint density at radius 3 is 2.22 bits per heavy atom. The van der Waals surface area contributed by atoms with Gasteiger partial charge in [0.2, 0.25) is 17.7 Å². The molecule has 0 aliphatic carbocycles. The summed E-state index contributed by atoms with van der Waals surface area (Å²) < 4.78 is -0.0802. The van der Waals surface area contributed by atoms with E-state index in [0.717, 1.165) is 4.90 Å². The molecule has 15 heteroatoms. The van der Waals surface area contributed by atoms with E-state index in [1.165, 1.54) is 36.4 Å². The van der Waals surface area contributed by atoms with Crippen molar-refractivity contribution in [2.45, 2.75) is 42.9 Å². The van der Waals surface area contributed by atoms with Crippen molar-refractivity contribution in [3.63, 3.8) is 0 Å². The molecular formula is C36H41N5O9S. The summed E-state index contributed by atoms with van der Waals surface area (Å²) in [5.41, 5.74) is 0.140. The molecule has 2 heterocycles. The first-order chi connectivity index (χ1) is 24.3. The third-order valence-corrected chi connectivity index (χ3v) is 10.3. The standard InChI is InChI=1S/C36H41N5O9S/c1-36(2)20-41-34(50)24(35(41)51-36)18-38-32(48)28(21-10-4-3-5-11-21)39-27(44)19-40(33(49)23-13-9-15-26(43)30(23)46)17-7-6-16-37-31(47)22-12-8-14-25(42)29(22)45/h3-5,8-15,24,28,35,42-43,45-46H,6-7,16-20H2,1-2H3,(H,37,47)(H,38,48)(H,39,44)/t24-,28-,35?/m1/s1. The number of rotatable bonds is 14. The van der Waals surface area contributed by atoms with Gasteiger partial charge in [-0.1, -0.05) is 42.5 Å². The lowest BCUT2D eigenvalue weighted by molar-refractivity contribution is -0.149. The van der Waals surface area contributed by atoms with E-state index in [2.05, 4.69) is 29.8 Å². The zero-order valence-corrected chi connectivity index (χ0v) is 29.0. The fourth-order valence-electron chi connectivity index (χ4n) is 6.08. The Balaban J connectivity index is 1.24. The largest absolute Gasteiger partial charge is 0.504 e. The van der Waals surface area contributed by atoms with Crippen molar-refractivity contribution in [3.8, 4) is 23.0 Å². The van der Waals surface area contributed by atoms with Gasteiger partial charge in [-0.3, -0.25) is 24.0 Å². The number of phenols is 4. The molecule has 3 aromatic rings. The number of hydrogen-bond acceptors (Lipinski definition) is 10. The molecule has 270 valence electrons. The summed E-state index contributed by atoms with van der Waals surface area (Å²) in [4.78, 5) is 68.9. The lowest BCUT2D eigenvalue weighted by atomic mass is 9.96. The molecule has 1 unspecified atom stereocenters. The fraction of sp³-hybridized carbons (Fsp3) is 0.361. The van der Waals surface area contributed by atoms with Gasteiger partial charge in [-0.05, 0) is 56.5 Å². The molecule has 51 heavy (non-hydrogen) atoms. The number of amides is 5. The SMILES string of the molecule is CC1(C)CN2C(=O)[C@@H](CNC(=O)[C@H](NC(=O)CN(CCCCNC(=O)c3cccc(O)c3O)C(=O)c3cccc(O)c3O)c3ccccc3)C2S1. The smallest absolute Gasteiger partial charge is 0.258 e. The Bertz CT molecular complexity index is 1800. The van der Waals surface area contributed by atoms with Crippen LogP contribution in [0.2, 0.25) is 0 Å². The number of carbonyl (C=O) groups excluding carboxylic acids is 5. The minimum absolute atomic E-state index is 0.00745. The quantitative estimate of drug-likeness (QED) is 0.0736. The molecule has 3 aromatic carbocycles. The summed E-state index contributed by atoms with van der Waals surface area (Å²) >= 11 is 1.69. The number of thioether (sulfide) groups is 1. The second kappa shape index (κ2) is 15.6. The highest BCUT2D eigenvalue weighted by molar-refractivity contribution is 8.01. The number of unbranched alkanes of at least 4 members (excludes halogenated alkanes) is 1. The second-order valence-corrected chi connectivity index (χ2v) is 14.9. The maximum Gasteiger partial charge on any atom is 0.258 e. The third-order valence-electron chi connectivity index (χ3n) is 8.71. The normalized spacial score (nSPS) is 17.8. The molecular weight excluding hydrogens is 678 g/mol. The number of carbonyl (C=O) groups is 5. The minimum atomic E-state index is -1.15. The lowest BCUT2D eigenvalue weighted by Gasteiger charge is -2.41. The maximum atomic E-state index is 13.6. The van der Waals surface area contributed by atoms with Crippen LogP contribution in [0.15, 0.2) is 66.7 Å². The summed E-state index contributed by atoms with van der Waals surface area (Å²) in [5.74, 6) is -5.14. The Kier molecular flexibility index (Phi) is 11.3.